The Bertz CT molecular complexity index is 1170. The largest absolute Gasteiger partial charge is 0.495 e. The van der Waals surface area contributed by atoms with Crippen LogP contribution in [0.15, 0.2) is 77.7 Å². The summed E-state index contributed by atoms with van der Waals surface area (Å²) < 4.78 is 52.0. The average Bonchev–Trinajstić information content (AvgIpc) is 2.75. The normalized spacial score (nSPS) is 12.1. The molecule has 162 valence electrons. The van der Waals surface area contributed by atoms with Crippen LogP contribution in [0, 0.1) is 5.82 Å². The van der Waals surface area contributed by atoms with Crippen LogP contribution in [0.2, 0.25) is 0 Å². The van der Waals surface area contributed by atoms with E-state index in [1.54, 1.807) is 36.4 Å². The van der Waals surface area contributed by atoms with E-state index >= 15 is 0 Å². The number of carbonyl (C=O) groups is 1. The van der Waals surface area contributed by atoms with Gasteiger partial charge in [-0.15, -0.1) is 0 Å². The van der Waals surface area contributed by atoms with Crippen LogP contribution in [-0.4, -0.2) is 27.5 Å². The first-order chi connectivity index (χ1) is 14.8. The van der Waals surface area contributed by atoms with E-state index in [0.717, 1.165) is 12.1 Å². The van der Waals surface area contributed by atoms with Gasteiger partial charge in [0.25, 0.3) is 0 Å². The molecule has 0 aliphatic rings. The van der Waals surface area contributed by atoms with E-state index < -0.39 is 32.7 Å². The molecule has 3 rings (SSSR count). The minimum atomic E-state index is -4.23. The quantitative estimate of drug-likeness (QED) is 0.549. The molecule has 7 nitrogen and oxygen atoms in total. The fraction of sp³-hybridized carbons (Fsp3) is 0.136. The number of hydrogen-bond donors (Lipinski definition) is 2. The third-order valence-electron chi connectivity index (χ3n) is 4.26. The minimum Gasteiger partial charge on any atom is -0.495 e. The summed E-state index contributed by atoms with van der Waals surface area (Å²) >= 11 is 0. The van der Waals surface area contributed by atoms with Crippen LogP contribution in [0.4, 0.5) is 10.1 Å². The summed E-state index contributed by atoms with van der Waals surface area (Å²) in [7, 11) is -2.96. The number of para-hydroxylation sites is 3. The second-order valence-corrected chi connectivity index (χ2v) is 8.22. The van der Waals surface area contributed by atoms with E-state index in [4.69, 9.17) is 9.47 Å². The molecule has 0 fully saturated rings. The Morgan fingerprint density at radius 1 is 0.968 bits per heavy atom. The number of carbonyl (C=O) groups excluding carboxylic acids is 1. The smallest absolute Gasteiger partial charge is 0.245 e. The third-order valence-corrected chi connectivity index (χ3v) is 5.82. The van der Waals surface area contributed by atoms with Crippen LogP contribution in [0.1, 0.15) is 6.92 Å². The van der Waals surface area contributed by atoms with Crippen molar-refractivity contribution >= 4 is 21.6 Å². The number of nitrogens with one attached hydrogen (secondary N) is 2. The lowest BCUT2D eigenvalue weighted by Gasteiger charge is -2.17. The van der Waals surface area contributed by atoms with Crippen molar-refractivity contribution in [1.82, 2.24) is 4.72 Å². The molecule has 31 heavy (non-hydrogen) atoms. The lowest BCUT2D eigenvalue weighted by Crippen LogP contribution is -2.41. The standard InChI is InChI=1S/C22H21FN2O5S/c1-15(25-31(27,28)21-14-16(23)12-13-20(21)29-2)22(26)24-18-10-6-7-11-19(18)30-17-8-4-3-5-9-17/h3-15,25H,1-2H3,(H,24,26). The van der Waals surface area contributed by atoms with E-state index in [9.17, 15) is 17.6 Å². The van der Waals surface area contributed by atoms with Crippen molar-refractivity contribution in [1.29, 1.82) is 0 Å². The Morgan fingerprint density at radius 3 is 2.35 bits per heavy atom. The van der Waals surface area contributed by atoms with Gasteiger partial charge in [0.15, 0.2) is 5.75 Å². The summed E-state index contributed by atoms with van der Waals surface area (Å²) in [6.07, 6.45) is 0. The van der Waals surface area contributed by atoms with Crippen LogP contribution >= 0.6 is 0 Å². The molecule has 1 amide bonds. The van der Waals surface area contributed by atoms with Gasteiger partial charge in [0.2, 0.25) is 15.9 Å². The van der Waals surface area contributed by atoms with Crippen LogP contribution in [0.3, 0.4) is 0 Å². The molecule has 0 radical (unpaired) electrons. The van der Waals surface area contributed by atoms with Crippen molar-refractivity contribution in [2.75, 3.05) is 12.4 Å². The summed E-state index contributed by atoms with van der Waals surface area (Å²) in [5.41, 5.74) is 0.366. The highest BCUT2D eigenvalue weighted by Crippen LogP contribution is 2.29. The van der Waals surface area contributed by atoms with Crippen molar-refractivity contribution in [2.24, 2.45) is 0 Å². The molecule has 0 heterocycles. The maximum Gasteiger partial charge on any atom is 0.245 e. The van der Waals surface area contributed by atoms with E-state index in [0.29, 0.717) is 17.2 Å². The molecule has 0 aliphatic heterocycles. The number of amides is 1. The minimum absolute atomic E-state index is 0.0388. The zero-order valence-corrected chi connectivity index (χ0v) is 17.6. The van der Waals surface area contributed by atoms with Gasteiger partial charge in [-0.2, -0.15) is 4.72 Å². The number of hydrogen-bond acceptors (Lipinski definition) is 5. The molecule has 3 aromatic carbocycles. The molecule has 0 saturated carbocycles. The highest BCUT2D eigenvalue weighted by molar-refractivity contribution is 7.89. The number of benzene rings is 3. The second kappa shape index (κ2) is 9.59. The average molecular weight is 444 g/mol. The third kappa shape index (κ3) is 5.59. The van der Waals surface area contributed by atoms with Crippen molar-refractivity contribution in [3.05, 3.63) is 78.6 Å². The number of halogens is 1. The van der Waals surface area contributed by atoms with Crippen LogP contribution in [0.25, 0.3) is 0 Å². The van der Waals surface area contributed by atoms with Gasteiger partial charge < -0.3 is 14.8 Å². The van der Waals surface area contributed by atoms with Crippen LogP contribution in [-0.2, 0) is 14.8 Å². The van der Waals surface area contributed by atoms with Crippen molar-refractivity contribution in [2.45, 2.75) is 17.9 Å². The van der Waals surface area contributed by atoms with E-state index in [1.807, 2.05) is 18.2 Å². The van der Waals surface area contributed by atoms with Gasteiger partial charge in [0.05, 0.1) is 18.8 Å². The van der Waals surface area contributed by atoms with Gasteiger partial charge in [-0.25, -0.2) is 12.8 Å². The fourth-order valence-corrected chi connectivity index (χ4v) is 4.11. The highest BCUT2D eigenvalue weighted by Gasteiger charge is 2.26. The molecule has 0 bridgehead atoms. The molecule has 2 N–H and O–H groups in total. The summed E-state index contributed by atoms with van der Waals surface area (Å²) in [4.78, 5) is 12.2. The lowest BCUT2D eigenvalue weighted by molar-refractivity contribution is -0.117. The van der Waals surface area contributed by atoms with Gasteiger partial charge >= 0.3 is 0 Å². The molecule has 0 saturated heterocycles. The summed E-state index contributed by atoms with van der Waals surface area (Å²) in [6, 6.07) is 17.7. The molecule has 0 spiro atoms. The summed E-state index contributed by atoms with van der Waals surface area (Å²) in [5, 5.41) is 2.65. The Labute approximate surface area is 179 Å². The number of ether oxygens (including phenoxy) is 2. The predicted octanol–water partition coefficient (Wildman–Crippen LogP) is 3.93. The monoisotopic (exact) mass is 444 g/mol. The highest BCUT2D eigenvalue weighted by atomic mass is 32.2. The summed E-state index contributed by atoms with van der Waals surface area (Å²) in [6.45, 7) is 1.37. The number of anilines is 1. The van der Waals surface area contributed by atoms with E-state index in [-0.39, 0.29) is 5.75 Å². The van der Waals surface area contributed by atoms with E-state index in [2.05, 4.69) is 10.0 Å². The Hall–Kier alpha value is -3.43. The zero-order chi connectivity index (χ0) is 22.4. The Balaban J connectivity index is 1.75. The molecular weight excluding hydrogens is 423 g/mol. The molecule has 1 unspecified atom stereocenters. The zero-order valence-electron chi connectivity index (χ0n) is 16.8. The molecule has 1 atom stereocenters. The number of sulfonamides is 1. The molecule has 0 aromatic heterocycles. The first kappa shape index (κ1) is 22.3. The topological polar surface area (TPSA) is 93.7 Å². The molecule has 9 heteroatoms. The molecular formula is C22H21FN2O5S. The molecule has 3 aromatic rings. The predicted molar refractivity (Wildman–Crippen MR) is 114 cm³/mol. The van der Waals surface area contributed by atoms with Gasteiger partial charge in [-0.05, 0) is 49.4 Å². The van der Waals surface area contributed by atoms with Gasteiger partial charge in [-0.1, -0.05) is 30.3 Å². The summed E-state index contributed by atoms with van der Waals surface area (Å²) in [5.74, 6) is -0.434. The fourth-order valence-electron chi connectivity index (χ4n) is 2.73. The van der Waals surface area contributed by atoms with E-state index in [1.165, 1.54) is 20.1 Å². The SMILES string of the molecule is COc1ccc(F)cc1S(=O)(=O)NC(C)C(=O)Nc1ccccc1Oc1ccccc1. The van der Waals surface area contributed by atoms with Gasteiger partial charge in [0.1, 0.15) is 22.2 Å². The van der Waals surface area contributed by atoms with Crippen LogP contribution < -0.4 is 19.5 Å². The Morgan fingerprint density at radius 2 is 1.65 bits per heavy atom. The van der Waals surface area contributed by atoms with Crippen molar-refractivity contribution in [3.63, 3.8) is 0 Å². The first-order valence-electron chi connectivity index (χ1n) is 9.29. The lowest BCUT2D eigenvalue weighted by atomic mass is 10.2. The maximum atomic E-state index is 13.6. The number of methoxy groups -OCH3 is 1. The second-order valence-electron chi connectivity index (χ2n) is 6.54. The van der Waals surface area contributed by atoms with Crippen molar-refractivity contribution < 1.29 is 27.1 Å². The van der Waals surface area contributed by atoms with Gasteiger partial charge in [-0.3, -0.25) is 4.79 Å². The first-order valence-corrected chi connectivity index (χ1v) is 10.8. The Kier molecular flexibility index (Phi) is 6.88. The maximum absolute atomic E-state index is 13.6. The van der Waals surface area contributed by atoms with Gasteiger partial charge in [0, 0.05) is 0 Å². The van der Waals surface area contributed by atoms with Crippen LogP contribution in [0.5, 0.6) is 17.2 Å². The number of rotatable bonds is 8. The van der Waals surface area contributed by atoms with Crippen molar-refractivity contribution in [3.8, 4) is 17.2 Å². The molecule has 0 aliphatic carbocycles.